The summed E-state index contributed by atoms with van der Waals surface area (Å²) in [6.45, 7) is 6.75. The molecule has 0 saturated carbocycles. The van der Waals surface area contributed by atoms with Crippen LogP contribution in [0.25, 0.3) is 0 Å². The highest BCUT2D eigenvalue weighted by Gasteiger charge is 2.01. The van der Waals surface area contributed by atoms with Crippen molar-refractivity contribution in [2.45, 2.75) is 33.4 Å². The van der Waals surface area contributed by atoms with Gasteiger partial charge in [0.25, 0.3) is 0 Å². The smallest absolute Gasteiger partial charge is 0.119 e. The van der Waals surface area contributed by atoms with Gasteiger partial charge in [-0.15, -0.1) is 0 Å². The standard InChI is InChI=1S/C17H21NO2/c1-12(2)20-16-7-4-14(5-8-16)11-18-17-9-6-15(19)10-13(17)3/h4-10,12,18-19H,11H2,1-3H3. The summed E-state index contributed by atoms with van der Waals surface area (Å²) < 4.78 is 5.62. The van der Waals surface area contributed by atoms with Gasteiger partial charge in [0.2, 0.25) is 0 Å². The zero-order valence-electron chi connectivity index (χ0n) is 12.2. The maximum atomic E-state index is 9.38. The van der Waals surface area contributed by atoms with E-state index < -0.39 is 0 Å². The minimum atomic E-state index is 0.193. The van der Waals surface area contributed by atoms with Crippen molar-refractivity contribution in [2.24, 2.45) is 0 Å². The van der Waals surface area contributed by atoms with Gasteiger partial charge in [-0.25, -0.2) is 0 Å². The summed E-state index contributed by atoms with van der Waals surface area (Å²) in [5.74, 6) is 1.19. The largest absolute Gasteiger partial charge is 0.508 e. The maximum Gasteiger partial charge on any atom is 0.119 e. The highest BCUT2D eigenvalue weighted by molar-refractivity contribution is 5.53. The van der Waals surface area contributed by atoms with Crippen LogP contribution >= 0.6 is 0 Å². The Hall–Kier alpha value is -2.16. The molecule has 0 heterocycles. The average molecular weight is 271 g/mol. The number of phenolic OH excluding ortho intramolecular Hbond substituents is 1. The highest BCUT2D eigenvalue weighted by atomic mass is 16.5. The van der Waals surface area contributed by atoms with Gasteiger partial charge in [0, 0.05) is 12.2 Å². The molecule has 20 heavy (non-hydrogen) atoms. The van der Waals surface area contributed by atoms with E-state index in [1.165, 1.54) is 5.56 Å². The molecular weight excluding hydrogens is 250 g/mol. The van der Waals surface area contributed by atoms with Crippen molar-refractivity contribution >= 4 is 5.69 Å². The van der Waals surface area contributed by atoms with Crippen LogP contribution in [0.5, 0.6) is 11.5 Å². The van der Waals surface area contributed by atoms with Crippen LogP contribution in [0.1, 0.15) is 25.0 Å². The summed E-state index contributed by atoms with van der Waals surface area (Å²) in [4.78, 5) is 0. The first kappa shape index (κ1) is 14.3. The maximum absolute atomic E-state index is 9.38. The topological polar surface area (TPSA) is 41.5 Å². The van der Waals surface area contributed by atoms with Gasteiger partial charge in [0.05, 0.1) is 6.10 Å². The number of aromatic hydroxyl groups is 1. The second-order valence-electron chi connectivity index (χ2n) is 5.16. The number of benzene rings is 2. The van der Waals surface area contributed by atoms with Crippen molar-refractivity contribution < 1.29 is 9.84 Å². The second kappa shape index (κ2) is 6.33. The predicted octanol–water partition coefficient (Wildman–Crippen LogP) is 4.10. The molecule has 0 saturated heterocycles. The minimum absolute atomic E-state index is 0.193. The van der Waals surface area contributed by atoms with Crippen LogP contribution in [0.4, 0.5) is 5.69 Å². The van der Waals surface area contributed by atoms with Crippen LogP contribution in [0.2, 0.25) is 0 Å². The number of phenols is 1. The lowest BCUT2D eigenvalue weighted by atomic mass is 10.1. The van der Waals surface area contributed by atoms with E-state index in [0.717, 1.165) is 23.5 Å². The van der Waals surface area contributed by atoms with Crippen LogP contribution in [-0.4, -0.2) is 11.2 Å². The van der Waals surface area contributed by atoms with Crippen LogP contribution in [0.15, 0.2) is 42.5 Å². The van der Waals surface area contributed by atoms with Crippen LogP contribution in [-0.2, 0) is 6.54 Å². The summed E-state index contributed by atoms with van der Waals surface area (Å²) in [6, 6.07) is 13.4. The zero-order valence-corrected chi connectivity index (χ0v) is 12.2. The summed E-state index contributed by atoms with van der Waals surface area (Å²) in [5, 5.41) is 12.7. The lowest BCUT2D eigenvalue weighted by Crippen LogP contribution is -2.05. The van der Waals surface area contributed by atoms with E-state index in [1.807, 2.05) is 39.0 Å². The Balaban J connectivity index is 1.96. The lowest BCUT2D eigenvalue weighted by molar-refractivity contribution is 0.242. The first-order valence-electron chi connectivity index (χ1n) is 6.83. The van der Waals surface area contributed by atoms with E-state index in [-0.39, 0.29) is 6.10 Å². The highest BCUT2D eigenvalue weighted by Crippen LogP contribution is 2.21. The fraction of sp³-hybridized carbons (Fsp3) is 0.294. The molecule has 0 unspecified atom stereocenters. The Morgan fingerprint density at radius 2 is 1.80 bits per heavy atom. The van der Waals surface area contributed by atoms with Gasteiger partial charge in [-0.05, 0) is 62.2 Å². The van der Waals surface area contributed by atoms with Gasteiger partial charge in [-0.1, -0.05) is 12.1 Å². The van der Waals surface area contributed by atoms with Gasteiger partial charge in [0.1, 0.15) is 11.5 Å². The first-order valence-corrected chi connectivity index (χ1v) is 6.83. The first-order chi connectivity index (χ1) is 9.54. The van der Waals surface area contributed by atoms with Crippen molar-refractivity contribution in [3.63, 3.8) is 0 Å². The van der Waals surface area contributed by atoms with Gasteiger partial charge in [-0.3, -0.25) is 0 Å². The van der Waals surface area contributed by atoms with Crippen molar-refractivity contribution in [3.8, 4) is 11.5 Å². The third-order valence-corrected chi connectivity index (χ3v) is 2.99. The van der Waals surface area contributed by atoms with Gasteiger partial charge in [0.15, 0.2) is 0 Å². The van der Waals surface area contributed by atoms with Gasteiger partial charge >= 0.3 is 0 Å². The molecule has 2 aromatic carbocycles. The molecule has 2 rings (SSSR count). The lowest BCUT2D eigenvalue weighted by Gasteiger charge is -2.12. The normalized spacial score (nSPS) is 10.6. The molecule has 0 aliphatic rings. The third-order valence-electron chi connectivity index (χ3n) is 2.99. The predicted molar refractivity (Wildman–Crippen MR) is 82.4 cm³/mol. The minimum Gasteiger partial charge on any atom is -0.508 e. The number of aryl methyl sites for hydroxylation is 1. The zero-order chi connectivity index (χ0) is 14.5. The molecule has 0 aliphatic carbocycles. The van der Waals surface area contributed by atoms with Gasteiger partial charge in [-0.2, -0.15) is 0 Å². The van der Waals surface area contributed by atoms with E-state index in [1.54, 1.807) is 12.1 Å². The van der Waals surface area contributed by atoms with Crippen molar-refractivity contribution in [3.05, 3.63) is 53.6 Å². The van der Waals surface area contributed by atoms with E-state index >= 15 is 0 Å². The van der Waals surface area contributed by atoms with Crippen molar-refractivity contribution in [1.29, 1.82) is 0 Å². The number of rotatable bonds is 5. The molecule has 3 heteroatoms. The fourth-order valence-electron chi connectivity index (χ4n) is 2.00. The SMILES string of the molecule is Cc1cc(O)ccc1NCc1ccc(OC(C)C)cc1. The second-order valence-corrected chi connectivity index (χ2v) is 5.16. The Labute approximate surface area is 120 Å². The third kappa shape index (κ3) is 3.92. The van der Waals surface area contributed by atoms with Gasteiger partial charge < -0.3 is 15.2 Å². The van der Waals surface area contributed by atoms with Crippen molar-refractivity contribution in [2.75, 3.05) is 5.32 Å². The molecule has 0 atom stereocenters. The fourth-order valence-corrected chi connectivity index (χ4v) is 2.00. The molecule has 0 radical (unpaired) electrons. The monoisotopic (exact) mass is 271 g/mol. The summed E-state index contributed by atoms with van der Waals surface area (Å²) in [7, 11) is 0. The molecule has 3 nitrogen and oxygen atoms in total. The molecule has 106 valence electrons. The number of hydrogen-bond donors (Lipinski definition) is 2. The average Bonchev–Trinajstić information content (AvgIpc) is 2.39. The summed E-state index contributed by atoms with van der Waals surface area (Å²) >= 11 is 0. The summed E-state index contributed by atoms with van der Waals surface area (Å²) in [6.07, 6.45) is 0.193. The number of nitrogens with one attached hydrogen (secondary N) is 1. The van der Waals surface area contributed by atoms with E-state index in [9.17, 15) is 5.11 Å². The molecule has 0 bridgehead atoms. The number of hydrogen-bond acceptors (Lipinski definition) is 3. The molecule has 0 amide bonds. The molecule has 0 aromatic heterocycles. The van der Waals surface area contributed by atoms with Crippen LogP contribution in [0.3, 0.4) is 0 Å². The Bertz CT molecular complexity index is 562. The van der Waals surface area contributed by atoms with E-state index in [2.05, 4.69) is 17.4 Å². The molecule has 0 aliphatic heterocycles. The van der Waals surface area contributed by atoms with E-state index in [0.29, 0.717) is 5.75 Å². The molecular formula is C17H21NO2. The summed E-state index contributed by atoms with van der Waals surface area (Å²) in [5.41, 5.74) is 3.25. The van der Waals surface area contributed by atoms with E-state index in [4.69, 9.17) is 4.74 Å². The quantitative estimate of drug-likeness (QED) is 0.804. The molecule has 2 aromatic rings. The molecule has 0 fully saturated rings. The number of anilines is 1. The van der Waals surface area contributed by atoms with Crippen molar-refractivity contribution in [1.82, 2.24) is 0 Å². The van der Waals surface area contributed by atoms with Crippen LogP contribution < -0.4 is 10.1 Å². The molecule has 2 N–H and O–H groups in total. The number of ether oxygens (including phenoxy) is 1. The Morgan fingerprint density at radius 3 is 2.40 bits per heavy atom. The molecule has 0 spiro atoms. The Kier molecular flexibility index (Phi) is 4.51. The van der Waals surface area contributed by atoms with Crippen LogP contribution in [0, 0.1) is 6.92 Å². The Morgan fingerprint density at radius 1 is 1.10 bits per heavy atom.